The van der Waals surface area contributed by atoms with Crippen molar-refractivity contribution in [3.05, 3.63) is 51.3 Å². The van der Waals surface area contributed by atoms with Crippen molar-refractivity contribution in [3.63, 3.8) is 0 Å². The van der Waals surface area contributed by atoms with E-state index < -0.39 is 0 Å². The summed E-state index contributed by atoms with van der Waals surface area (Å²) in [6.07, 6.45) is 2.57. The number of nitrogens with zero attached hydrogens (tertiary/aromatic N) is 2. The molecule has 2 aromatic heterocycles. The Morgan fingerprint density at radius 2 is 2.14 bits per heavy atom. The van der Waals surface area contributed by atoms with E-state index in [1.807, 2.05) is 6.07 Å². The fourth-order valence-corrected chi connectivity index (χ4v) is 4.25. The highest BCUT2D eigenvalue weighted by Crippen LogP contribution is 2.33. The highest BCUT2D eigenvalue weighted by Gasteiger charge is 2.10. The Labute approximate surface area is 139 Å². The maximum atomic E-state index is 13.9. The largest absolute Gasteiger partial charge is 0.229 e. The van der Waals surface area contributed by atoms with Gasteiger partial charge < -0.3 is 0 Å². The number of fused-ring (bicyclic) bond motifs is 1. The van der Waals surface area contributed by atoms with Crippen LogP contribution in [-0.4, -0.2) is 9.97 Å². The van der Waals surface area contributed by atoms with E-state index >= 15 is 0 Å². The van der Waals surface area contributed by atoms with Gasteiger partial charge in [-0.25, -0.2) is 14.4 Å². The van der Waals surface area contributed by atoms with Crippen molar-refractivity contribution in [1.82, 2.24) is 9.97 Å². The summed E-state index contributed by atoms with van der Waals surface area (Å²) in [7, 11) is 0. The minimum absolute atomic E-state index is 0.193. The van der Waals surface area contributed by atoms with Crippen LogP contribution < -0.4 is 0 Å². The van der Waals surface area contributed by atoms with Crippen molar-refractivity contribution < 1.29 is 4.39 Å². The third kappa shape index (κ3) is 3.27. The number of aryl methyl sites for hydroxylation is 1. The number of thioether (sulfide) groups is 1. The second kappa shape index (κ2) is 6.42. The average Bonchev–Trinajstić information content (AvgIpc) is 2.90. The maximum absolute atomic E-state index is 13.9. The van der Waals surface area contributed by atoms with Gasteiger partial charge in [0.25, 0.3) is 0 Å². The topological polar surface area (TPSA) is 25.8 Å². The summed E-state index contributed by atoms with van der Waals surface area (Å²) in [6, 6.07) is 7.29. The highest BCUT2D eigenvalue weighted by molar-refractivity contribution is 9.10. The molecule has 108 valence electrons. The van der Waals surface area contributed by atoms with E-state index in [0.29, 0.717) is 11.3 Å². The lowest BCUT2D eigenvalue weighted by Crippen LogP contribution is -1.89. The summed E-state index contributed by atoms with van der Waals surface area (Å²) in [5, 5.41) is 1.99. The number of halogens is 2. The highest BCUT2D eigenvalue weighted by atomic mass is 79.9. The zero-order valence-corrected chi connectivity index (χ0v) is 14.5. The molecule has 0 atom stereocenters. The molecule has 0 fully saturated rings. The quantitative estimate of drug-likeness (QED) is 0.443. The summed E-state index contributed by atoms with van der Waals surface area (Å²) < 4.78 is 14.6. The lowest BCUT2D eigenvalue weighted by Gasteiger charge is -2.04. The van der Waals surface area contributed by atoms with Gasteiger partial charge in [-0.1, -0.05) is 28.9 Å². The van der Waals surface area contributed by atoms with E-state index in [9.17, 15) is 4.39 Å². The molecule has 0 saturated heterocycles. The molecule has 0 N–H and O–H groups in total. The fraction of sp³-hybridized carbons (Fsp3) is 0.200. The van der Waals surface area contributed by atoms with E-state index in [-0.39, 0.29) is 5.82 Å². The van der Waals surface area contributed by atoms with Crippen LogP contribution in [0.4, 0.5) is 4.39 Å². The van der Waals surface area contributed by atoms with Gasteiger partial charge in [-0.3, -0.25) is 0 Å². The zero-order chi connectivity index (χ0) is 14.8. The Balaban J connectivity index is 1.86. The van der Waals surface area contributed by atoms with Gasteiger partial charge in [-0.2, -0.15) is 0 Å². The standard InChI is InChI=1S/C15H12BrFN2S2/c1-2-11-6-12-14(18-8-19-15(12)21-11)20-7-9-3-4-10(16)5-13(9)17/h3-6,8H,2,7H2,1H3. The van der Waals surface area contributed by atoms with E-state index in [1.54, 1.807) is 35.5 Å². The summed E-state index contributed by atoms with van der Waals surface area (Å²) in [4.78, 5) is 10.9. The second-order valence-corrected chi connectivity index (χ2v) is 7.48. The molecule has 6 heteroatoms. The van der Waals surface area contributed by atoms with Crippen molar-refractivity contribution in [2.24, 2.45) is 0 Å². The molecule has 1 aromatic carbocycles. The molecule has 0 spiro atoms. The molecule has 0 aliphatic carbocycles. The van der Waals surface area contributed by atoms with Gasteiger partial charge in [0, 0.05) is 20.5 Å². The predicted molar refractivity (Wildman–Crippen MR) is 90.5 cm³/mol. The molecule has 3 aromatic rings. The van der Waals surface area contributed by atoms with Gasteiger partial charge in [-0.15, -0.1) is 23.1 Å². The van der Waals surface area contributed by atoms with E-state index in [4.69, 9.17) is 0 Å². The summed E-state index contributed by atoms with van der Waals surface area (Å²) in [5.41, 5.74) is 0.681. The van der Waals surface area contributed by atoms with Gasteiger partial charge >= 0.3 is 0 Å². The third-order valence-electron chi connectivity index (χ3n) is 3.07. The SMILES string of the molecule is CCc1cc2c(SCc3ccc(Br)cc3F)ncnc2s1. The molecule has 21 heavy (non-hydrogen) atoms. The average molecular weight is 383 g/mol. The first-order valence-electron chi connectivity index (χ1n) is 6.47. The van der Waals surface area contributed by atoms with Crippen LogP contribution >= 0.6 is 39.0 Å². The van der Waals surface area contributed by atoms with Gasteiger partial charge in [0.05, 0.1) is 0 Å². The minimum atomic E-state index is -0.193. The van der Waals surface area contributed by atoms with Crippen LogP contribution in [0.2, 0.25) is 0 Å². The maximum Gasteiger partial charge on any atom is 0.128 e. The molecule has 0 aliphatic heterocycles. The molecule has 2 nitrogen and oxygen atoms in total. The number of hydrogen-bond donors (Lipinski definition) is 0. The van der Waals surface area contributed by atoms with Crippen LogP contribution in [0.5, 0.6) is 0 Å². The first-order chi connectivity index (χ1) is 10.2. The molecule has 0 amide bonds. The second-order valence-electron chi connectivity index (χ2n) is 4.49. The Morgan fingerprint density at radius 1 is 1.29 bits per heavy atom. The van der Waals surface area contributed by atoms with E-state index in [2.05, 4.69) is 38.9 Å². The van der Waals surface area contributed by atoms with Gasteiger partial charge in [0.15, 0.2) is 0 Å². The van der Waals surface area contributed by atoms with Gasteiger partial charge in [0.1, 0.15) is 22.0 Å². The van der Waals surface area contributed by atoms with Crippen molar-refractivity contribution in [2.75, 3.05) is 0 Å². The van der Waals surface area contributed by atoms with Crippen LogP contribution in [0.3, 0.4) is 0 Å². The van der Waals surface area contributed by atoms with Crippen molar-refractivity contribution >= 4 is 49.2 Å². The first-order valence-corrected chi connectivity index (χ1v) is 9.07. The Bertz CT molecular complexity index is 788. The molecule has 0 saturated carbocycles. The number of thiophene rings is 1. The first kappa shape index (κ1) is 14.9. The van der Waals surface area contributed by atoms with Crippen molar-refractivity contribution in [3.8, 4) is 0 Å². The zero-order valence-electron chi connectivity index (χ0n) is 11.3. The number of rotatable bonds is 4. The summed E-state index contributed by atoms with van der Waals surface area (Å²) in [5.74, 6) is 0.365. The fourth-order valence-electron chi connectivity index (χ4n) is 1.96. The molecule has 3 rings (SSSR count). The molecular formula is C15H12BrFN2S2. The van der Waals surface area contributed by atoms with Crippen LogP contribution in [0, 0.1) is 5.82 Å². The molecule has 0 bridgehead atoms. The Kier molecular flexibility index (Phi) is 4.57. The predicted octanol–water partition coefficient (Wildman–Crippen LogP) is 5.45. The van der Waals surface area contributed by atoms with Crippen LogP contribution in [0.15, 0.2) is 40.1 Å². The van der Waals surface area contributed by atoms with Gasteiger partial charge in [-0.05, 0) is 30.2 Å². The van der Waals surface area contributed by atoms with E-state index in [0.717, 1.165) is 26.1 Å². The Hall–Kier alpha value is -0.980. The molecule has 0 aliphatic rings. The molecule has 0 unspecified atom stereocenters. The monoisotopic (exact) mass is 382 g/mol. The van der Waals surface area contributed by atoms with Crippen LogP contribution in [-0.2, 0) is 12.2 Å². The van der Waals surface area contributed by atoms with Crippen molar-refractivity contribution in [2.45, 2.75) is 24.1 Å². The number of benzene rings is 1. The lowest BCUT2D eigenvalue weighted by atomic mass is 10.2. The van der Waals surface area contributed by atoms with Crippen LogP contribution in [0.1, 0.15) is 17.4 Å². The molecule has 0 radical (unpaired) electrons. The van der Waals surface area contributed by atoms with Gasteiger partial charge in [0.2, 0.25) is 0 Å². The smallest absolute Gasteiger partial charge is 0.128 e. The van der Waals surface area contributed by atoms with E-state index in [1.165, 1.54) is 10.9 Å². The minimum Gasteiger partial charge on any atom is -0.229 e. The number of hydrogen-bond acceptors (Lipinski definition) is 4. The normalized spacial score (nSPS) is 11.2. The molecule has 2 heterocycles. The summed E-state index contributed by atoms with van der Waals surface area (Å²) in [6.45, 7) is 2.13. The van der Waals surface area contributed by atoms with Crippen molar-refractivity contribution in [1.29, 1.82) is 0 Å². The third-order valence-corrected chi connectivity index (χ3v) is 5.81. The Morgan fingerprint density at radius 3 is 2.90 bits per heavy atom. The van der Waals surface area contributed by atoms with Crippen LogP contribution in [0.25, 0.3) is 10.2 Å². The molecular weight excluding hydrogens is 371 g/mol. The number of aromatic nitrogens is 2. The summed E-state index contributed by atoms with van der Waals surface area (Å²) >= 11 is 6.51. The lowest BCUT2D eigenvalue weighted by molar-refractivity contribution is 0.616.